The van der Waals surface area contributed by atoms with Crippen LogP contribution in [-0.4, -0.2) is 14.4 Å². The molecule has 0 aromatic rings. The smallest absolute Gasteiger partial charge is 0.192 e. The van der Waals surface area contributed by atoms with Gasteiger partial charge in [0.2, 0.25) is 0 Å². The molecule has 0 amide bonds. The third-order valence-corrected chi connectivity index (χ3v) is 16.1. The number of hydrogen-bond acceptors (Lipinski definition) is 1. The van der Waals surface area contributed by atoms with E-state index in [1.807, 2.05) is 0 Å². The summed E-state index contributed by atoms with van der Waals surface area (Å²) in [5, 5.41) is 0.231. The van der Waals surface area contributed by atoms with E-state index in [0.29, 0.717) is 36.2 Å². The van der Waals surface area contributed by atoms with E-state index in [2.05, 4.69) is 66.8 Å². The van der Waals surface area contributed by atoms with E-state index in [0.717, 1.165) is 19.3 Å². The van der Waals surface area contributed by atoms with Crippen molar-refractivity contribution in [3.63, 3.8) is 0 Å². The highest BCUT2D eigenvalue weighted by atomic mass is 28.4. The summed E-state index contributed by atoms with van der Waals surface area (Å²) in [6.07, 6.45) is 16.5. The van der Waals surface area contributed by atoms with Crippen LogP contribution in [0.2, 0.25) is 18.1 Å². The Morgan fingerprint density at radius 1 is 1.11 bits per heavy atom. The second kappa shape index (κ2) is 9.61. The molecule has 3 fully saturated rings. The van der Waals surface area contributed by atoms with Crippen LogP contribution >= 0.6 is 0 Å². The Labute approximate surface area is 227 Å². The molecule has 4 aliphatic carbocycles. The molecule has 0 saturated heterocycles. The molecule has 0 aromatic carbocycles. The molecule has 0 N–H and O–H groups in total. The first-order valence-corrected chi connectivity index (χ1v) is 17.3. The molecule has 0 radical (unpaired) electrons. The summed E-state index contributed by atoms with van der Waals surface area (Å²) in [5.41, 5.74) is 3.43. The molecule has 0 aliphatic heterocycles. The molecule has 4 rings (SSSR count). The Bertz CT molecular complexity index is 1060. The van der Waals surface area contributed by atoms with Crippen molar-refractivity contribution in [1.82, 2.24) is 0 Å². The monoisotopic (exact) mass is 502 g/mol. The fourth-order valence-corrected chi connectivity index (χ4v) is 9.72. The molecule has 4 aliphatic rings. The maximum atomic E-state index is 7.68. The first kappa shape index (κ1) is 20.4. The van der Waals surface area contributed by atoms with E-state index in [-0.39, 0.29) is 21.4 Å². The lowest BCUT2D eigenvalue weighted by molar-refractivity contribution is 0.0347. The maximum absolute atomic E-state index is 7.68. The predicted molar refractivity (Wildman–Crippen MR) is 155 cm³/mol. The van der Waals surface area contributed by atoms with Gasteiger partial charge in [0.05, 0.1) is 0 Å². The average Bonchev–Trinajstić information content (AvgIpc) is 3.16. The van der Waals surface area contributed by atoms with Crippen LogP contribution in [0.5, 0.6) is 0 Å². The van der Waals surface area contributed by atoms with Gasteiger partial charge in [0.15, 0.2) is 8.32 Å². The molecule has 7 atom stereocenters. The van der Waals surface area contributed by atoms with Crippen molar-refractivity contribution in [2.45, 2.75) is 137 Å². The molecule has 0 bridgehead atoms. The van der Waals surface area contributed by atoms with Crippen LogP contribution in [0.3, 0.4) is 0 Å². The van der Waals surface area contributed by atoms with E-state index in [1.165, 1.54) is 38.2 Å². The number of rotatable bonds is 6. The third kappa shape index (κ3) is 4.97. The van der Waals surface area contributed by atoms with Crippen LogP contribution in [0.25, 0.3) is 0 Å². The molecule has 3 saturated carbocycles. The number of hydrogen-bond donors (Lipinski definition) is 0. The van der Waals surface area contributed by atoms with Crippen LogP contribution in [0.1, 0.15) is 121 Å². The third-order valence-electron chi connectivity index (χ3n) is 11.5. The van der Waals surface area contributed by atoms with Gasteiger partial charge < -0.3 is 4.43 Å². The minimum atomic E-state index is -2.57. The van der Waals surface area contributed by atoms with Crippen LogP contribution in [0.4, 0.5) is 0 Å². The van der Waals surface area contributed by atoms with Gasteiger partial charge in [-0.05, 0) is 124 Å². The largest absolute Gasteiger partial charge is 0.414 e. The summed E-state index contributed by atoms with van der Waals surface area (Å²) >= 11 is 0. The van der Waals surface area contributed by atoms with Crippen LogP contribution < -0.4 is 0 Å². The van der Waals surface area contributed by atoms with E-state index in [1.54, 1.807) is 11.1 Å². The highest BCUT2D eigenvalue weighted by molar-refractivity contribution is 6.74. The van der Waals surface area contributed by atoms with Gasteiger partial charge in [-0.2, -0.15) is 0 Å². The quantitative estimate of drug-likeness (QED) is 0.259. The van der Waals surface area contributed by atoms with Crippen molar-refractivity contribution in [2.24, 2.45) is 34.5 Å². The van der Waals surface area contributed by atoms with Crippen molar-refractivity contribution >= 4 is 8.32 Å². The Morgan fingerprint density at radius 2 is 1.86 bits per heavy atom. The normalized spacial score (nSPS) is 41.3. The van der Waals surface area contributed by atoms with Gasteiger partial charge in [-0.15, -0.1) is 0 Å². The number of allylic oxidation sites excluding steroid dienone is 5. The lowest BCUT2D eigenvalue weighted by Crippen LogP contribution is -2.49. The zero-order valence-corrected chi connectivity index (χ0v) is 24.9. The lowest BCUT2D eigenvalue weighted by atomic mass is 9.50. The highest BCUT2D eigenvalue weighted by Crippen LogP contribution is 2.66. The number of fused-ring (bicyclic) bond motifs is 5. The predicted octanol–water partition coefficient (Wildman–Crippen LogP) is 10.3. The van der Waals surface area contributed by atoms with Gasteiger partial charge in [0.1, 0.15) is 0 Å². The fraction of sp³-hybridized carbons (Fsp3) is 0.818. The van der Waals surface area contributed by atoms with Crippen molar-refractivity contribution in [1.29, 1.82) is 0 Å². The van der Waals surface area contributed by atoms with E-state index < -0.39 is 22.0 Å². The molecule has 35 heavy (non-hydrogen) atoms. The molecule has 0 spiro atoms. The Kier molecular flexibility index (Phi) is 5.59. The van der Waals surface area contributed by atoms with Gasteiger partial charge in [-0.1, -0.05) is 76.5 Å². The van der Waals surface area contributed by atoms with Gasteiger partial charge in [-0.3, -0.25) is 0 Å². The zero-order valence-electron chi connectivity index (χ0n) is 29.9. The fourth-order valence-electron chi connectivity index (χ4n) is 8.33. The van der Waals surface area contributed by atoms with Crippen LogP contribution in [-0.2, 0) is 4.43 Å². The van der Waals surface area contributed by atoms with Gasteiger partial charge in [0, 0.05) is 14.3 Å². The van der Waals surface area contributed by atoms with Crippen LogP contribution in [0.15, 0.2) is 34.9 Å². The van der Waals surface area contributed by atoms with Gasteiger partial charge >= 0.3 is 0 Å². The topological polar surface area (TPSA) is 9.23 Å². The van der Waals surface area contributed by atoms with E-state index in [9.17, 15) is 0 Å². The maximum Gasteiger partial charge on any atom is 0.192 e. The summed E-state index contributed by atoms with van der Waals surface area (Å²) < 4.78 is 53.0. The second-order valence-corrected chi connectivity index (χ2v) is 19.3. The minimum Gasteiger partial charge on any atom is -0.414 e. The first-order valence-electron chi connectivity index (χ1n) is 17.4. The molecule has 2 heteroatoms. The Hall–Kier alpha value is -0.603. The first-order chi connectivity index (χ1) is 18.6. The molecule has 0 heterocycles. The van der Waals surface area contributed by atoms with Crippen molar-refractivity contribution in [3.8, 4) is 0 Å². The summed E-state index contributed by atoms with van der Waals surface area (Å²) in [5.74, 6) is 2.26. The van der Waals surface area contributed by atoms with Crippen molar-refractivity contribution in [2.75, 3.05) is 0 Å². The zero-order chi connectivity index (χ0) is 30.8. The van der Waals surface area contributed by atoms with E-state index >= 15 is 0 Å². The molecule has 1 nitrogen and oxygen atoms in total. The lowest BCUT2D eigenvalue weighted by Gasteiger charge is -2.56. The van der Waals surface area contributed by atoms with Crippen LogP contribution in [0, 0.1) is 34.5 Å². The SMILES string of the molecule is [2H]C([2H])([2H])C(=CCC[C@@H](C)[C@H]1CC[C@H]2C3=CC=C4C[C@@H](O[Si](C)(C)C(C)(C)C)CC[C@]4(C)[C@H]3CC[C@]12C)C([2H])([2H])[2H]. The molecule has 198 valence electrons. The average molecular weight is 503 g/mol. The standard InChI is InChI=1S/C33H56OSi/c1-23(2)12-11-13-24(3)28-16-17-29-27-15-14-25-22-26(34-35(9,10)31(4,5)6)18-20-32(25,7)30(27)19-21-33(28,29)8/h12,14-15,24,26,28-30H,11,13,16-22H2,1-10H3/t24-,26+,28-,29+,30+,32+,33-/m1/s1/i1D3,2D3. The van der Waals surface area contributed by atoms with Gasteiger partial charge in [-0.25, -0.2) is 0 Å². The molecule has 0 aromatic heterocycles. The van der Waals surface area contributed by atoms with E-state index in [4.69, 9.17) is 12.7 Å². The summed E-state index contributed by atoms with van der Waals surface area (Å²) in [4.78, 5) is 0. The Morgan fingerprint density at radius 3 is 2.54 bits per heavy atom. The molecular formula is C33H56OSi. The highest BCUT2D eigenvalue weighted by Gasteiger charge is 2.57. The molecule has 0 unspecified atom stereocenters. The summed E-state index contributed by atoms with van der Waals surface area (Å²) in [6.45, 7) is 14.0. The van der Waals surface area contributed by atoms with Crippen molar-refractivity contribution < 1.29 is 12.7 Å². The van der Waals surface area contributed by atoms with Crippen molar-refractivity contribution in [3.05, 3.63) is 34.9 Å². The minimum absolute atomic E-state index is 0.231. The Balaban J connectivity index is 1.48. The second-order valence-electron chi connectivity index (χ2n) is 14.5. The summed E-state index contributed by atoms with van der Waals surface area (Å²) in [7, 11) is -1.79. The summed E-state index contributed by atoms with van der Waals surface area (Å²) in [6, 6.07) is 0. The molecular weight excluding hydrogens is 440 g/mol. The van der Waals surface area contributed by atoms with Gasteiger partial charge in [0.25, 0.3) is 0 Å².